The van der Waals surface area contributed by atoms with Crippen LogP contribution in [-0.4, -0.2) is 41.2 Å². The van der Waals surface area contributed by atoms with E-state index in [1.54, 1.807) is 43.9 Å². The molecule has 1 N–H and O–H groups in total. The maximum Gasteiger partial charge on any atom is 0.256 e. The summed E-state index contributed by atoms with van der Waals surface area (Å²) in [6, 6.07) is 16.6. The van der Waals surface area contributed by atoms with E-state index in [2.05, 4.69) is 20.3 Å². The molecule has 0 spiro atoms. The molecule has 150 valence electrons. The van der Waals surface area contributed by atoms with Gasteiger partial charge < -0.3 is 14.8 Å². The number of benzene rings is 1. The molecule has 0 bridgehead atoms. The average Bonchev–Trinajstić information content (AvgIpc) is 2.80. The lowest BCUT2D eigenvalue weighted by molar-refractivity contribution is 0.102. The van der Waals surface area contributed by atoms with Gasteiger partial charge in [0.05, 0.1) is 35.3 Å². The molecule has 0 radical (unpaired) electrons. The topological polar surface area (TPSA) is 86.2 Å². The highest BCUT2D eigenvalue weighted by Crippen LogP contribution is 2.25. The Hall–Kier alpha value is -3.84. The van der Waals surface area contributed by atoms with E-state index in [1.807, 2.05) is 36.4 Å². The molecule has 4 aromatic rings. The van der Waals surface area contributed by atoms with Crippen LogP contribution in [0.5, 0.6) is 5.88 Å². The number of nitrogens with one attached hydrogen (secondary N) is 1. The number of carbonyl (C=O) groups excluding carboxylic acids is 1. The summed E-state index contributed by atoms with van der Waals surface area (Å²) in [4.78, 5) is 26.1. The van der Waals surface area contributed by atoms with Gasteiger partial charge in [-0.05, 0) is 30.3 Å². The van der Waals surface area contributed by atoms with Gasteiger partial charge in [-0.15, -0.1) is 0 Å². The molecule has 3 aromatic heterocycles. The first-order valence-corrected chi connectivity index (χ1v) is 9.44. The maximum atomic E-state index is 13.1. The van der Waals surface area contributed by atoms with Crippen LogP contribution in [0.3, 0.4) is 0 Å². The Bertz CT molecular complexity index is 1150. The van der Waals surface area contributed by atoms with Crippen LogP contribution >= 0.6 is 0 Å². The second-order valence-corrected chi connectivity index (χ2v) is 6.49. The quantitative estimate of drug-likeness (QED) is 0.473. The van der Waals surface area contributed by atoms with Crippen molar-refractivity contribution in [3.05, 3.63) is 78.8 Å². The van der Waals surface area contributed by atoms with Crippen LogP contribution in [0.2, 0.25) is 0 Å². The predicted molar refractivity (Wildman–Crippen MR) is 115 cm³/mol. The highest BCUT2D eigenvalue weighted by atomic mass is 16.5. The number of anilines is 1. The first-order valence-electron chi connectivity index (χ1n) is 9.44. The molecule has 4 rings (SSSR count). The molecule has 1 amide bonds. The summed E-state index contributed by atoms with van der Waals surface area (Å²) in [5, 5.41) is 3.67. The third-order valence-electron chi connectivity index (χ3n) is 4.45. The van der Waals surface area contributed by atoms with Crippen molar-refractivity contribution in [1.29, 1.82) is 0 Å². The molecule has 3 heterocycles. The minimum absolute atomic E-state index is 0.242. The summed E-state index contributed by atoms with van der Waals surface area (Å²) in [7, 11) is 1.61. The van der Waals surface area contributed by atoms with E-state index in [9.17, 15) is 4.79 Å². The third kappa shape index (κ3) is 4.42. The molecule has 1 aromatic carbocycles. The van der Waals surface area contributed by atoms with E-state index >= 15 is 0 Å². The number of pyridine rings is 3. The minimum atomic E-state index is -0.242. The predicted octanol–water partition coefficient (Wildman–Crippen LogP) is 3.97. The van der Waals surface area contributed by atoms with Crippen LogP contribution < -0.4 is 10.1 Å². The van der Waals surface area contributed by atoms with Crippen molar-refractivity contribution in [3.8, 4) is 17.1 Å². The van der Waals surface area contributed by atoms with Gasteiger partial charge in [-0.2, -0.15) is 0 Å². The molecular weight excluding hydrogens is 380 g/mol. The molecule has 7 nitrogen and oxygen atoms in total. The number of aromatic nitrogens is 3. The van der Waals surface area contributed by atoms with Crippen molar-refractivity contribution in [1.82, 2.24) is 15.0 Å². The Kier molecular flexibility index (Phi) is 5.91. The number of fused-ring (bicyclic) bond motifs is 1. The standard InChI is InChI=1S/C23H20N4O3/c1-29-11-12-30-22-9-8-17(15-25-22)26-23(28)19-13-21(16-5-4-10-24-14-16)27-20-7-3-2-6-18(19)20/h2-10,13-15H,11-12H2,1H3,(H,26,28). The monoisotopic (exact) mass is 400 g/mol. The van der Waals surface area contributed by atoms with E-state index in [0.29, 0.717) is 36.0 Å². The van der Waals surface area contributed by atoms with Gasteiger partial charge in [-0.3, -0.25) is 9.78 Å². The van der Waals surface area contributed by atoms with Crippen molar-refractivity contribution in [2.75, 3.05) is 25.6 Å². The molecule has 0 unspecified atom stereocenters. The Morgan fingerprint density at radius 2 is 1.93 bits per heavy atom. The zero-order valence-corrected chi connectivity index (χ0v) is 16.4. The Labute approximate surface area is 173 Å². The SMILES string of the molecule is COCCOc1ccc(NC(=O)c2cc(-c3cccnc3)nc3ccccc23)cn1. The molecule has 0 aliphatic heterocycles. The summed E-state index contributed by atoms with van der Waals surface area (Å²) < 4.78 is 10.4. The van der Waals surface area contributed by atoms with Crippen LogP contribution in [0.1, 0.15) is 10.4 Å². The van der Waals surface area contributed by atoms with Crippen LogP contribution in [0.25, 0.3) is 22.2 Å². The highest BCUT2D eigenvalue weighted by molar-refractivity contribution is 6.13. The summed E-state index contributed by atoms with van der Waals surface area (Å²) in [6.07, 6.45) is 4.99. The zero-order valence-electron chi connectivity index (χ0n) is 16.4. The summed E-state index contributed by atoms with van der Waals surface area (Å²) in [6.45, 7) is 0.893. The largest absolute Gasteiger partial charge is 0.475 e. The van der Waals surface area contributed by atoms with Gasteiger partial charge in [0.2, 0.25) is 5.88 Å². The number of nitrogens with zero attached hydrogens (tertiary/aromatic N) is 3. The van der Waals surface area contributed by atoms with Gasteiger partial charge in [0, 0.05) is 36.5 Å². The molecule has 0 saturated heterocycles. The molecule has 30 heavy (non-hydrogen) atoms. The summed E-state index contributed by atoms with van der Waals surface area (Å²) in [5.41, 5.74) is 3.37. The van der Waals surface area contributed by atoms with Gasteiger partial charge in [0.15, 0.2) is 0 Å². The van der Waals surface area contributed by atoms with E-state index in [0.717, 1.165) is 16.5 Å². The first kappa shape index (κ1) is 19.5. The van der Waals surface area contributed by atoms with Crippen molar-refractivity contribution < 1.29 is 14.3 Å². The van der Waals surface area contributed by atoms with Crippen molar-refractivity contribution in [2.24, 2.45) is 0 Å². The van der Waals surface area contributed by atoms with E-state index < -0.39 is 0 Å². The Morgan fingerprint density at radius 3 is 2.70 bits per heavy atom. The number of hydrogen-bond acceptors (Lipinski definition) is 6. The number of hydrogen-bond donors (Lipinski definition) is 1. The van der Waals surface area contributed by atoms with Gasteiger partial charge in [-0.1, -0.05) is 18.2 Å². The Morgan fingerprint density at radius 1 is 1.03 bits per heavy atom. The van der Waals surface area contributed by atoms with Crippen LogP contribution in [0.15, 0.2) is 73.2 Å². The molecule has 0 aliphatic carbocycles. The van der Waals surface area contributed by atoms with Gasteiger partial charge in [-0.25, -0.2) is 9.97 Å². The second-order valence-electron chi connectivity index (χ2n) is 6.49. The number of rotatable bonds is 7. The zero-order chi connectivity index (χ0) is 20.8. The van der Waals surface area contributed by atoms with E-state index in [4.69, 9.17) is 9.47 Å². The van der Waals surface area contributed by atoms with Crippen molar-refractivity contribution in [2.45, 2.75) is 0 Å². The van der Waals surface area contributed by atoms with Gasteiger partial charge >= 0.3 is 0 Å². The molecule has 0 saturated carbocycles. The maximum absolute atomic E-state index is 13.1. The molecule has 0 atom stereocenters. The fourth-order valence-corrected chi connectivity index (χ4v) is 2.99. The average molecular weight is 400 g/mol. The van der Waals surface area contributed by atoms with Gasteiger partial charge in [0.25, 0.3) is 5.91 Å². The normalized spacial score (nSPS) is 10.7. The van der Waals surface area contributed by atoms with Crippen LogP contribution in [0, 0.1) is 0 Å². The van der Waals surface area contributed by atoms with Crippen LogP contribution in [-0.2, 0) is 4.74 Å². The molecule has 0 aliphatic rings. The number of methoxy groups -OCH3 is 1. The van der Waals surface area contributed by atoms with Crippen molar-refractivity contribution in [3.63, 3.8) is 0 Å². The summed E-state index contributed by atoms with van der Waals surface area (Å²) >= 11 is 0. The van der Waals surface area contributed by atoms with Gasteiger partial charge in [0.1, 0.15) is 6.61 Å². The number of amides is 1. The number of para-hydroxylation sites is 1. The molecule has 7 heteroatoms. The lowest BCUT2D eigenvalue weighted by Gasteiger charge is -2.11. The first-order chi connectivity index (χ1) is 14.7. The molecular formula is C23H20N4O3. The van der Waals surface area contributed by atoms with Crippen LogP contribution in [0.4, 0.5) is 5.69 Å². The smallest absolute Gasteiger partial charge is 0.256 e. The minimum Gasteiger partial charge on any atom is -0.475 e. The lowest BCUT2D eigenvalue weighted by Crippen LogP contribution is -2.13. The Balaban J connectivity index is 1.61. The number of carbonyl (C=O) groups is 1. The van der Waals surface area contributed by atoms with E-state index in [-0.39, 0.29) is 5.91 Å². The third-order valence-corrected chi connectivity index (χ3v) is 4.45. The summed E-state index contributed by atoms with van der Waals surface area (Å²) in [5.74, 6) is 0.229. The molecule has 0 fully saturated rings. The van der Waals surface area contributed by atoms with E-state index in [1.165, 1.54) is 0 Å². The second kappa shape index (κ2) is 9.11. The highest BCUT2D eigenvalue weighted by Gasteiger charge is 2.14. The van der Waals surface area contributed by atoms with Crippen molar-refractivity contribution >= 4 is 22.5 Å². The lowest BCUT2D eigenvalue weighted by atomic mass is 10.0. The number of ether oxygens (including phenoxy) is 2. The fourth-order valence-electron chi connectivity index (χ4n) is 2.99. The fraction of sp³-hybridized carbons (Fsp3) is 0.130.